The van der Waals surface area contributed by atoms with Crippen molar-refractivity contribution in [2.24, 2.45) is 0 Å². The average Bonchev–Trinajstić information content (AvgIpc) is 3.26. The molecule has 2 atom stereocenters. The van der Waals surface area contributed by atoms with Crippen molar-refractivity contribution < 1.29 is 22.0 Å². The Morgan fingerprint density at radius 1 is 1.07 bits per heavy atom. The minimum atomic E-state index is -3.87. The number of aromatic nitrogens is 3. The molecule has 6 rings (SSSR count). The second-order valence-electron chi connectivity index (χ2n) is 11.2. The van der Waals surface area contributed by atoms with Crippen molar-refractivity contribution in [2.75, 3.05) is 25.9 Å². The number of fused-ring (bicyclic) bond motifs is 1. The molecule has 40 heavy (non-hydrogen) atoms. The monoisotopic (exact) mass is 572 g/mol. The van der Waals surface area contributed by atoms with Gasteiger partial charge in [-0.15, -0.1) is 0 Å². The number of likely N-dealkylation sites (tertiary alicyclic amines) is 1. The van der Waals surface area contributed by atoms with Crippen LogP contribution in [0.1, 0.15) is 78.7 Å². The van der Waals surface area contributed by atoms with Gasteiger partial charge in [0.2, 0.25) is 10.0 Å². The van der Waals surface area contributed by atoms with Gasteiger partial charge in [0, 0.05) is 17.3 Å². The minimum absolute atomic E-state index is 0.126. The van der Waals surface area contributed by atoms with Gasteiger partial charge in [-0.25, -0.2) is 31.6 Å². The Hall–Kier alpha value is -2.96. The molecule has 3 aromatic rings. The third-order valence-electron chi connectivity index (χ3n) is 8.46. The Morgan fingerprint density at radius 2 is 1.80 bits per heavy atom. The summed E-state index contributed by atoms with van der Waals surface area (Å²) in [6, 6.07) is 6.93. The first-order valence-electron chi connectivity index (χ1n) is 14.0. The molecule has 1 aromatic carbocycles. The fraction of sp³-hybridized carbons (Fsp3) is 0.536. The number of alkyl halides is 1. The van der Waals surface area contributed by atoms with Gasteiger partial charge in [-0.3, -0.25) is 9.69 Å². The highest BCUT2D eigenvalue weighted by atomic mass is 32.2. The fourth-order valence-corrected chi connectivity index (χ4v) is 6.81. The SMILES string of the molecule is CS(=O)(=O)NC(=O)c1cc(C2C(F)CCCN2C2CCNCC2)c2c(C3CCC3)nn(-c3ccc(F)cc3)c2n1. The molecular weight excluding hydrogens is 538 g/mol. The van der Waals surface area contributed by atoms with Crippen LogP contribution in [0.5, 0.6) is 0 Å². The van der Waals surface area contributed by atoms with Crippen LogP contribution < -0.4 is 10.0 Å². The molecule has 0 spiro atoms. The molecule has 2 N–H and O–H groups in total. The molecule has 4 heterocycles. The van der Waals surface area contributed by atoms with Crippen LogP contribution in [0.3, 0.4) is 0 Å². The summed E-state index contributed by atoms with van der Waals surface area (Å²) >= 11 is 0. The van der Waals surface area contributed by atoms with Gasteiger partial charge in [0.1, 0.15) is 17.7 Å². The molecule has 3 aliphatic rings. The zero-order chi connectivity index (χ0) is 28.0. The van der Waals surface area contributed by atoms with Gasteiger partial charge in [0.25, 0.3) is 5.91 Å². The van der Waals surface area contributed by atoms with Gasteiger partial charge in [0.05, 0.1) is 23.7 Å². The number of nitrogens with one attached hydrogen (secondary N) is 2. The minimum Gasteiger partial charge on any atom is -0.317 e. The number of amides is 1. The van der Waals surface area contributed by atoms with Gasteiger partial charge >= 0.3 is 0 Å². The van der Waals surface area contributed by atoms with E-state index >= 15 is 4.39 Å². The molecule has 214 valence electrons. The van der Waals surface area contributed by atoms with Gasteiger partial charge < -0.3 is 5.32 Å². The summed E-state index contributed by atoms with van der Waals surface area (Å²) in [4.78, 5) is 20.0. The van der Waals surface area contributed by atoms with Crippen molar-refractivity contribution in [3.05, 3.63) is 53.1 Å². The molecule has 2 aliphatic heterocycles. The van der Waals surface area contributed by atoms with Gasteiger partial charge in [-0.05, 0) is 94.1 Å². The molecule has 0 radical (unpaired) electrons. The van der Waals surface area contributed by atoms with Crippen molar-refractivity contribution in [2.45, 2.75) is 69.1 Å². The van der Waals surface area contributed by atoms with E-state index < -0.39 is 34.0 Å². The van der Waals surface area contributed by atoms with Crippen LogP contribution in [-0.2, 0) is 10.0 Å². The van der Waals surface area contributed by atoms with Crippen LogP contribution in [0.15, 0.2) is 30.3 Å². The number of benzene rings is 1. The van der Waals surface area contributed by atoms with E-state index in [-0.39, 0.29) is 17.7 Å². The Morgan fingerprint density at radius 3 is 2.45 bits per heavy atom. The van der Waals surface area contributed by atoms with Gasteiger partial charge in [-0.2, -0.15) is 5.10 Å². The number of rotatable bonds is 6. The predicted octanol–water partition coefficient (Wildman–Crippen LogP) is 3.74. The van der Waals surface area contributed by atoms with E-state index in [1.807, 2.05) is 4.72 Å². The van der Waals surface area contributed by atoms with Gasteiger partial charge in [-0.1, -0.05) is 6.42 Å². The maximum absolute atomic E-state index is 16.1. The lowest BCUT2D eigenvalue weighted by atomic mass is 9.80. The van der Waals surface area contributed by atoms with Crippen molar-refractivity contribution in [3.63, 3.8) is 0 Å². The summed E-state index contributed by atoms with van der Waals surface area (Å²) in [5, 5.41) is 9.02. The molecule has 2 unspecified atom stereocenters. The normalized spacial score (nSPS) is 23.3. The molecule has 9 nitrogen and oxygen atoms in total. The number of pyridine rings is 1. The second kappa shape index (κ2) is 10.8. The molecule has 0 bridgehead atoms. The summed E-state index contributed by atoms with van der Waals surface area (Å²) < 4.78 is 57.4. The molecule has 12 heteroatoms. The number of piperidine rings is 2. The summed E-state index contributed by atoms with van der Waals surface area (Å²) in [7, 11) is -3.87. The number of hydrogen-bond acceptors (Lipinski definition) is 7. The number of sulfonamides is 1. The standard InChI is InChI=1S/C28H34F2N6O3S/c1-40(38,39)34-28(37)23-16-21(26-22(30)6-3-15-35(26)19-11-13-31-14-12-19)24-25(17-4-2-5-17)33-36(27(24)32-23)20-9-7-18(29)8-10-20/h7-10,16-17,19,22,26,31H,2-6,11-15H2,1H3,(H,34,37). The van der Waals surface area contributed by atoms with Crippen molar-refractivity contribution >= 4 is 27.0 Å². The zero-order valence-corrected chi connectivity index (χ0v) is 23.3. The molecular formula is C28H34F2N6O3S. The first-order chi connectivity index (χ1) is 19.2. The van der Waals surface area contributed by atoms with E-state index in [0.29, 0.717) is 28.7 Å². The van der Waals surface area contributed by atoms with Crippen LogP contribution >= 0.6 is 0 Å². The topological polar surface area (TPSA) is 109 Å². The van der Waals surface area contributed by atoms with Crippen LogP contribution in [0.25, 0.3) is 16.7 Å². The number of halogens is 2. The van der Waals surface area contributed by atoms with Crippen molar-refractivity contribution in [3.8, 4) is 5.69 Å². The maximum Gasteiger partial charge on any atom is 0.283 e. The van der Waals surface area contributed by atoms with E-state index in [4.69, 9.17) is 5.10 Å². The maximum atomic E-state index is 16.1. The lowest BCUT2D eigenvalue weighted by Crippen LogP contribution is -2.50. The van der Waals surface area contributed by atoms with Crippen LogP contribution in [-0.4, -0.2) is 72.1 Å². The molecule has 2 aromatic heterocycles. The van der Waals surface area contributed by atoms with Crippen molar-refractivity contribution in [1.82, 2.24) is 29.7 Å². The highest BCUT2D eigenvalue weighted by Crippen LogP contribution is 2.45. The Kier molecular flexibility index (Phi) is 7.34. The zero-order valence-electron chi connectivity index (χ0n) is 22.4. The molecule has 2 saturated heterocycles. The summed E-state index contributed by atoms with van der Waals surface area (Å²) in [5.74, 6) is -1.13. The van der Waals surface area contributed by atoms with E-state index in [0.717, 1.165) is 70.1 Å². The van der Waals surface area contributed by atoms with E-state index in [2.05, 4.69) is 15.2 Å². The van der Waals surface area contributed by atoms with Crippen LogP contribution in [0, 0.1) is 5.82 Å². The van der Waals surface area contributed by atoms with Gasteiger partial charge in [0.15, 0.2) is 5.65 Å². The van der Waals surface area contributed by atoms with E-state index in [9.17, 15) is 17.6 Å². The summed E-state index contributed by atoms with van der Waals surface area (Å²) in [6.07, 6.45) is 5.58. The third-order valence-corrected chi connectivity index (χ3v) is 9.02. The highest BCUT2D eigenvalue weighted by molar-refractivity contribution is 7.89. The molecule has 1 saturated carbocycles. The lowest BCUT2D eigenvalue weighted by Gasteiger charge is -2.45. The Labute approximate surface area is 232 Å². The number of carbonyl (C=O) groups is 1. The molecule has 1 aliphatic carbocycles. The predicted molar refractivity (Wildman–Crippen MR) is 147 cm³/mol. The van der Waals surface area contributed by atoms with E-state index in [1.54, 1.807) is 22.9 Å². The van der Waals surface area contributed by atoms with E-state index in [1.165, 1.54) is 12.1 Å². The first kappa shape index (κ1) is 27.2. The quantitative estimate of drug-likeness (QED) is 0.463. The summed E-state index contributed by atoms with van der Waals surface area (Å²) in [5.41, 5.74) is 2.18. The second-order valence-corrected chi connectivity index (χ2v) is 13.0. The van der Waals surface area contributed by atoms with Crippen LogP contribution in [0.2, 0.25) is 0 Å². The average molecular weight is 573 g/mol. The highest BCUT2D eigenvalue weighted by Gasteiger charge is 2.40. The molecule has 1 amide bonds. The number of hydrogen-bond donors (Lipinski definition) is 2. The third kappa shape index (κ3) is 5.24. The largest absolute Gasteiger partial charge is 0.317 e. The lowest BCUT2D eigenvalue weighted by molar-refractivity contribution is 0.0203. The van der Waals surface area contributed by atoms with Crippen molar-refractivity contribution in [1.29, 1.82) is 0 Å². The first-order valence-corrected chi connectivity index (χ1v) is 15.9. The number of nitrogens with zero attached hydrogens (tertiary/aromatic N) is 4. The number of carbonyl (C=O) groups excluding carboxylic acids is 1. The van der Waals surface area contributed by atoms with Crippen LogP contribution in [0.4, 0.5) is 8.78 Å². The Balaban J connectivity index is 1.60. The summed E-state index contributed by atoms with van der Waals surface area (Å²) in [6.45, 7) is 2.44. The molecule has 3 fully saturated rings. The smallest absolute Gasteiger partial charge is 0.283 e. The fourth-order valence-electron chi connectivity index (χ4n) is 6.37. The Bertz CT molecular complexity index is 1520.